The highest BCUT2D eigenvalue weighted by Gasteiger charge is 2.37. The van der Waals surface area contributed by atoms with E-state index in [4.69, 9.17) is 25.7 Å². The van der Waals surface area contributed by atoms with Gasteiger partial charge in [0.15, 0.2) is 8.32 Å². The van der Waals surface area contributed by atoms with Crippen LogP contribution in [0.5, 0.6) is 0 Å². The molecule has 0 saturated carbocycles. The third kappa shape index (κ3) is 4.57. The van der Waals surface area contributed by atoms with Crippen LogP contribution in [-0.4, -0.2) is 50.4 Å². The molecule has 1 aromatic carbocycles. The lowest BCUT2D eigenvalue weighted by atomic mass is 10.1. The van der Waals surface area contributed by atoms with Gasteiger partial charge in [-0.1, -0.05) is 32.4 Å². The predicted molar refractivity (Wildman–Crippen MR) is 115 cm³/mol. The summed E-state index contributed by atoms with van der Waals surface area (Å²) in [6.45, 7) is 13.9. The van der Waals surface area contributed by atoms with E-state index < -0.39 is 8.32 Å². The molecule has 0 unspecified atom stereocenters. The highest BCUT2D eigenvalue weighted by Crippen LogP contribution is 2.37. The number of fused-ring (bicyclic) bond motifs is 1. The average Bonchev–Trinajstić information content (AvgIpc) is 2.65. The number of amides is 1. The number of pyridine rings is 1. The molecule has 2 heterocycles. The Morgan fingerprint density at radius 2 is 1.93 bits per heavy atom. The fourth-order valence-corrected chi connectivity index (χ4v) is 4.08. The summed E-state index contributed by atoms with van der Waals surface area (Å²) in [7, 11) is -1.86. The summed E-state index contributed by atoms with van der Waals surface area (Å²) in [5.74, 6) is 0.00611. The van der Waals surface area contributed by atoms with Crippen LogP contribution in [0.1, 0.15) is 36.8 Å². The second kappa shape index (κ2) is 8.11. The van der Waals surface area contributed by atoms with E-state index in [1.54, 1.807) is 0 Å². The molecule has 3 rings (SSSR count). The van der Waals surface area contributed by atoms with Crippen molar-refractivity contribution in [3.63, 3.8) is 0 Å². The van der Waals surface area contributed by atoms with Crippen molar-refractivity contribution in [1.29, 1.82) is 0 Å². The molecule has 0 N–H and O–H groups in total. The SMILES string of the molecule is CC(C)(C)[Si](C)(C)OCc1cc(Cl)c2cc(C(=O)N3CCOCC3)ccc2n1. The number of hydrogen-bond donors (Lipinski definition) is 0. The van der Waals surface area contributed by atoms with Crippen molar-refractivity contribution in [1.82, 2.24) is 9.88 Å². The van der Waals surface area contributed by atoms with Crippen LogP contribution in [0.4, 0.5) is 0 Å². The lowest BCUT2D eigenvalue weighted by Crippen LogP contribution is -2.40. The maximum absolute atomic E-state index is 12.7. The van der Waals surface area contributed by atoms with Crippen LogP contribution in [0, 0.1) is 0 Å². The van der Waals surface area contributed by atoms with E-state index in [0.717, 1.165) is 16.6 Å². The normalized spacial score (nSPS) is 15.9. The topological polar surface area (TPSA) is 51.7 Å². The number of nitrogens with zero attached hydrogens (tertiary/aromatic N) is 2. The Balaban J connectivity index is 1.81. The van der Waals surface area contributed by atoms with Crippen molar-refractivity contribution in [2.75, 3.05) is 26.3 Å². The summed E-state index contributed by atoms with van der Waals surface area (Å²) in [5, 5.41) is 1.52. The molecule has 0 radical (unpaired) electrons. The zero-order valence-corrected chi connectivity index (χ0v) is 19.1. The number of halogens is 1. The Hall–Kier alpha value is -1.47. The van der Waals surface area contributed by atoms with E-state index in [9.17, 15) is 4.79 Å². The number of morpholine rings is 1. The number of benzene rings is 1. The smallest absolute Gasteiger partial charge is 0.254 e. The van der Waals surface area contributed by atoms with E-state index in [1.807, 2.05) is 29.2 Å². The largest absolute Gasteiger partial charge is 0.411 e. The minimum absolute atomic E-state index is 0.00611. The minimum atomic E-state index is -1.86. The zero-order valence-electron chi connectivity index (χ0n) is 17.3. The number of hydrogen-bond acceptors (Lipinski definition) is 4. The fraction of sp³-hybridized carbons (Fsp3) is 0.524. The van der Waals surface area contributed by atoms with Gasteiger partial charge in [-0.3, -0.25) is 9.78 Å². The Labute approximate surface area is 173 Å². The molecule has 1 saturated heterocycles. The number of aromatic nitrogens is 1. The van der Waals surface area contributed by atoms with Gasteiger partial charge >= 0.3 is 0 Å². The molecule has 0 atom stereocenters. The molecule has 0 aliphatic carbocycles. The van der Waals surface area contributed by atoms with Gasteiger partial charge in [0.05, 0.1) is 36.1 Å². The molecule has 1 aliphatic rings. The molecule has 1 fully saturated rings. The summed E-state index contributed by atoms with van der Waals surface area (Å²) in [4.78, 5) is 19.2. The first-order valence-corrected chi connectivity index (χ1v) is 13.0. The van der Waals surface area contributed by atoms with Gasteiger partial charge in [0.1, 0.15) is 0 Å². The molecule has 152 valence electrons. The predicted octanol–water partition coefficient (Wildman–Crippen LogP) is 4.88. The van der Waals surface area contributed by atoms with Crippen LogP contribution in [0.3, 0.4) is 0 Å². The highest BCUT2D eigenvalue weighted by molar-refractivity contribution is 6.74. The Bertz CT molecular complexity index is 874. The van der Waals surface area contributed by atoms with E-state index >= 15 is 0 Å². The minimum Gasteiger partial charge on any atom is -0.411 e. The summed E-state index contributed by atoms with van der Waals surface area (Å²) in [5.41, 5.74) is 2.22. The molecule has 1 aliphatic heterocycles. The highest BCUT2D eigenvalue weighted by atomic mass is 35.5. The average molecular weight is 421 g/mol. The van der Waals surface area contributed by atoms with E-state index in [0.29, 0.717) is 43.5 Å². The van der Waals surface area contributed by atoms with Crippen molar-refractivity contribution in [3.05, 3.63) is 40.5 Å². The van der Waals surface area contributed by atoms with Gasteiger partial charge in [-0.2, -0.15) is 0 Å². The molecule has 5 nitrogen and oxygen atoms in total. The first-order valence-electron chi connectivity index (χ1n) is 9.69. The van der Waals surface area contributed by atoms with Crippen molar-refractivity contribution < 1.29 is 14.0 Å². The Kier molecular flexibility index (Phi) is 6.15. The standard InChI is InChI=1S/C21H29ClN2O3Si/c1-21(2,3)28(4,5)27-14-16-13-18(22)17-12-15(6-7-19(17)23-16)20(25)24-8-10-26-11-9-24/h6-7,12-13H,8-11,14H2,1-5H3. The van der Waals surface area contributed by atoms with E-state index in [-0.39, 0.29) is 10.9 Å². The molecule has 2 aromatic rings. The summed E-state index contributed by atoms with van der Waals surface area (Å²) in [6, 6.07) is 7.37. The fourth-order valence-electron chi connectivity index (χ4n) is 2.86. The zero-order chi connectivity index (χ0) is 20.5. The third-order valence-electron chi connectivity index (χ3n) is 5.74. The van der Waals surface area contributed by atoms with Gasteiger partial charge in [0.2, 0.25) is 0 Å². The van der Waals surface area contributed by atoms with Crippen LogP contribution < -0.4 is 0 Å². The maximum atomic E-state index is 12.7. The van der Waals surface area contributed by atoms with Crippen molar-refractivity contribution in [2.45, 2.75) is 45.5 Å². The van der Waals surface area contributed by atoms with Gasteiger partial charge in [-0.25, -0.2) is 0 Å². The van der Waals surface area contributed by atoms with Gasteiger partial charge in [-0.05, 0) is 42.4 Å². The molecule has 1 aromatic heterocycles. The first kappa shape index (κ1) is 21.2. The molecular weight excluding hydrogens is 392 g/mol. The maximum Gasteiger partial charge on any atom is 0.254 e. The monoisotopic (exact) mass is 420 g/mol. The van der Waals surface area contributed by atoms with Gasteiger partial charge < -0.3 is 14.1 Å². The second-order valence-electron chi connectivity index (χ2n) is 8.78. The number of carbonyl (C=O) groups excluding carboxylic acids is 1. The third-order valence-corrected chi connectivity index (χ3v) is 10.5. The Morgan fingerprint density at radius 3 is 2.57 bits per heavy atom. The van der Waals surface area contributed by atoms with Crippen molar-refractivity contribution in [2.24, 2.45) is 0 Å². The van der Waals surface area contributed by atoms with Crippen molar-refractivity contribution >= 4 is 36.7 Å². The summed E-state index contributed by atoms with van der Waals surface area (Å²) >= 11 is 6.54. The van der Waals surface area contributed by atoms with Gasteiger partial charge in [0.25, 0.3) is 5.91 Å². The van der Waals surface area contributed by atoms with Crippen molar-refractivity contribution in [3.8, 4) is 0 Å². The second-order valence-corrected chi connectivity index (χ2v) is 14.0. The van der Waals surface area contributed by atoms with E-state index in [2.05, 4.69) is 33.9 Å². The Morgan fingerprint density at radius 1 is 1.25 bits per heavy atom. The first-order chi connectivity index (χ1) is 13.1. The number of rotatable bonds is 4. The van der Waals surface area contributed by atoms with Crippen LogP contribution in [0.15, 0.2) is 24.3 Å². The molecule has 0 spiro atoms. The molecule has 1 amide bonds. The molecular formula is C21H29ClN2O3Si. The lowest BCUT2D eigenvalue weighted by Gasteiger charge is -2.36. The molecule has 28 heavy (non-hydrogen) atoms. The molecule has 7 heteroatoms. The number of ether oxygens (including phenoxy) is 1. The van der Waals surface area contributed by atoms with Crippen LogP contribution in [0.25, 0.3) is 10.9 Å². The molecule has 0 bridgehead atoms. The van der Waals surface area contributed by atoms with Gasteiger partial charge in [0, 0.05) is 24.0 Å². The summed E-state index contributed by atoms with van der Waals surface area (Å²) in [6.07, 6.45) is 0. The summed E-state index contributed by atoms with van der Waals surface area (Å²) < 4.78 is 11.6. The van der Waals surface area contributed by atoms with Gasteiger partial charge in [-0.15, -0.1) is 0 Å². The lowest BCUT2D eigenvalue weighted by molar-refractivity contribution is 0.0303. The van der Waals surface area contributed by atoms with E-state index in [1.165, 1.54) is 0 Å². The number of carbonyl (C=O) groups is 1. The quantitative estimate of drug-likeness (QED) is 0.661. The van der Waals surface area contributed by atoms with Crippen LogP contribution in [0.2, 0.25) is 23.2 Å². The van der Waals surface area contributed by atoms with Crippen LogP contribution >= 0.6 is 11.6 Å². The van der Waals surface area contributed by atoms with Crippen LogP contribution in [-0.2, 0) is 15.8 Å².